The molecule has 1 aromatic rings. The number of benzene rings is 1. The topological polar surface area (TPSA) is 0 Å². The fourth-order valence-corrected chi connectivity index (χ4v) is 1.38. The Morgan fingerprint density at radius 3 is 2.54 bits per heavy atom. The first-order valence-electron chi connectivity index (χ1n) is 4.92. The van der Waals surface area contributed by atoms with Gasteiger partial charge in [0.1, 0.15) is 0 Å². The Hall–Kier alpha value is -1.04. The Kier molecular flexibility index (Phi) is 4.31. The third kappa shape index (κ3) is 3.06. The highest BCUT2D eigenvalue weighted by atomic mass is 14.0. The van der Waals surface area contributed by atoms with Gasteiger partial charge in [-0.2, -0.15) is 0 Å². The smallest absolute Gasteiger partial charge is 0.0228 e. The van der Waals surface area contributed by atoms with Gasteiger partial charge in [-0.3, -0.25) is 0 Å². The highest BCUT2D eigenvalue weighted by molar-refractivity contribution is 5.65. The summed E-state index contributed by atoms with van der Waals surface area (Å²) >= 11 is 0. The predicted molar refractivity (Wildman–Crippen MR) is 59.3 cm³/mol. The molecule has 0 unspecified atom stereocenters. The fraction of sp³-hybridized carbons (Fsp3) is 0.308. The average molecular weight is 173 g/mol. The Labute approximate surface area is 81.3 Å². The quantitative estimate of drug-likeness (QED) is 0.643. The van der Waals surface area contributed by atoms with Gasteiger partial charge in [-0.1, -0.05) is 49.8 Å². The lowest BCUT2D eigenvalue weighted by Gasteiger charge is -2.05. The maximum atomic E-state index is 3.85. The zero-order chi connectivity index (χ0) is 9.52. The number of hydrogen-bond acceptors (Lipinski definition) is 0. The van der Waals surface area contributed by atoms with Crippen molar-refractivity contribution >= 4 is 5.57 Å². The molecule has 0 amide bonds. The number of unbranched alkanes of at least 4 members (excludes halogenated alkanes) is 1. The number of hydrogen-bond donors (Lipinski definition) is 0. The molecule has 0 spiro atoms. The summed E-state index contributed by atoms with van der Waals surface area (Å²) in [7, 11) is 0. The minimum absolute atomic E-state index is 1.14. The molecule has 0 saturated heterocycles. The predicted octanol–water partition coefficient (Wildman–Crippen LogP) is 4.09. The summed E-state index contributed by atoms with van der Waals surface area (Å²) in [6.07, 6.45) is 5.61. The molecule has 1 rings (SSSR count). The van der Waals surface area contributed by atoms with Crippen molar-refractivity contribution in [1.29, 1.82) is 0 Å². The molecule has 0 saturated carbocycles. The summed E-state index contributed by atoms with van der Waals surface area (Å²) in [6, 6.07) is 10.5. The molecule has 0 aliphatic heterocycles. The van der Waals surface area contributed by atoms with E-state index in [1.807, 2.05) is 12.1 Å². The van der Waals surface area contributed by atoms with E-state index < -0.39 is 0 Å². The molecule has 0 aromatic heterocycles. The molecule has 0 N–H and O–H groups in total. The second-order valence-electron chi connectivity index (χ2n) is 3.20. The Bertz CT molecular complexity index is 257. The maximum Gasteiger partial charge on any atom is -0.0228 e. The van der Waals surface area contributed by atoms with Crippen LogP contribution in [0.4, 0.5) is 0 Å². The van der Waals surface area contributed by atoms with E-state index in [4.69, 9.17) is 0 Å². The summed E-state index contributed by atoms with van der Waals surface area (Å²) in [4.78, 5) is 0. The van der Waals surface area contributed by atoms with Crippen LogP contribution in [0.1, 0.15) is 31.7 Å². The Balaban J connectivity index is 2.69. The van der Waals surface area contributed by atoms with E-state index in [0.29, 0.717) is 0 Å². The molecular weight excluding hydrogens is 156 g/mol. The van der Waals surface area contributed by atoms with Gasteiger partial charge in [0.2, 0.25) is 0 Å². The van der Waals surface area contributed by atoms with Gasteiger partial charge in [-0.15, -0.1) is 0 Å². The van der Waals surface area contributed by atoms with Crippen molar-refractivity contribution in [1.82, 2.24) is 0 Å². The lowest BCUT2D eigenvalue weighted by molar-refractivity contribution is 0.824. The lowest BCUT2D eigenvalue weighted by atomic mass is 10.0. The zero-order valence-electron chi connectivity index (χ0n) is 8.29. The van der Waals surface area contributed by atoms with Gasteiger partial charge in [0, 0.05) is 0 Å². The van der Waals surface area contributed by atoms with Gasteiger partial charge in [0.05, 0.1) is 0 Å². The van der Waals surface area contributed by atoms with Crippen LogP contribution in [-0.2, 0) is 0 Å². The average Bonchev–Trinajstić information content (AvgIpc) is 2.21. The van der Waals surface area contributed by atoms with E-state index in [0.717, 1.165) is 6.42 Å². The summed E-state index contributed by atoms with van der Waals surface area (Å²) < 4.78 is 0. The van der Waals surface area contributed by atoms with Gasteiger partial charge < -0.3 is 0 Å². The van der Waals surface area contributed by atoms with Crippen LogP contribution < -0.4 is 0 Å². The molecule has 0 heterocycles. The van der Waals surface area contributed by atoms with Crippen molar-refractivity contribution in [2.75, 3.05) is 0 Å². The Morgan fingerprint density at radius 2 is 2.00 bits per heavy atom. The molecule has 0 aliphatic carbocycles. The van der Waals surface area contributed by atoms with Crippen LogP contribution in [0.2, 0.25) is 0 Å². The van der Waals surface area contributed by atoms with Gasteiger partial charge in [-0.05, 0) is 30.9 Å². The van der Waals surface area contributed by atoms with Crippen LogP contribution in [0.15, 0.2) is 36.4 Å². The van der Waals surface area contributed by atoms with E-state index in [-0.39, 0.29) is 0 Å². The third-order valence-corrected chi connectivity index (χ3v) is 2.19. The first-order valence-corrected chi connectivity index (χ1v) is 4.92. The van der Waals surface area contributed by atoms with Gasteiger partial charge in [-0.25, -0.2) is 0 Å². The van der Waals surface area contributed by atoms with Crippen molar-refractivity contribution in [3.63, 3.8) is 0 Å². The first-order chi connectivity index (χ1) is 6.38. The van der Waals surface area contributed by atoms with Gasteiger partial charge in [0.25, 0.3) is 0 Å². The SMILES string of the molecule is [CH2]C=C(CCCC)c1ccccc1. The molecule has 0 aliphatic rings. The molecule has 0 heteroatoms. The van der Waals surface area contributed by atoms with Crippen LogP contribution in [0.5, 0.6) is 0 Å². The molecule has 0 nitrogen and oxygen atoms in total. The van der Waals surface area contributed by atoms with E-state index >= 15 is 0 Å². The highest BCUT2D eigenvalue weighted by Crippen LogP contribution is 2.19. The van der Waals surface area contributed by atoms with Crippen molar-refractivity contribution in [2.45, 2.75) is 26.2 Å². The van der Waals surface area contributed by atoms with Gasteiger partial charge in [0.15, 0.2) is 0 Å². The fourth-order valence-electron chi connectivity index (χ4n) is 1.38. The molecule has 1 aromatic carbocycles. The molecule has 69 valence electrons. The second kappa shape index (κ2) is 5.58. The minimum atomic E-state index is 1.14. The van der Waals surface area contributed by atoms with Crippen LogP contribution in [0.25, 0.3) is 5.57 Å². The molecule has 1 radical (unpaired) electrons. The molecule has 0 fully saturated rings. The monoisotopic (exact) mass is 173 g/mol. The summed E-state index contributed by atoms with van der Waals surface area (Å²) in [5.74, 6) is 0. The standard InChI is InChI=1S/C13H17/c1-3-5-9-12(4-2)13-10-7-6-8-11-13/h4,6-8,10-11H,2-3,5,9H2,1H3. The van der Waals surface area contributed by atoms with Crippen LogP contribution in [0.3, 0.4) is 0 Å². The van der Waals surface area contributed by atoms with Crippen molar-refractivity contribution in [3.8, 4) is 0 Å². The van der Waals surface area contributed by atoms with E-state index in [2.05, 4.69) is 38.1 Å². The lowest BCUT2D eigenvalue weighted by Crippen LogP contribution is -1.83. The Morgan fingerprint density at radius 1 is 1.31 bits per heavy atom. The van der Waals surface area contributed by atoms with Crippen LogP contribution in [0, 0.1) is 6.92 Å². The zero-order valence-corrected chi connectivity index (χ0v) is 8.29. The number of allylic oxidation sites excluding steroid dienone is 2. The van der Waals surface area contributed by atoms with Gasteiger partial charge >= 0.3 is 0 Å². The van der Waals surface area contributed by atoms with Crippen LogP contribution in [-0.4, -0.2) is 0 Å². The number of rotatable bonds is 4. The normalized spacial score (nSPS) is 11.7. The second-order valence-corrected chi connectivity index (χ2v) is 3.20. The van der Waals surface area contributed by atoms with Crippen molar-refractivity contribution in [2.24, 2.45) is 0 Å². The van der Waals surface area contributed by atoms with E-state index in [1.165, 1.54) is 24.0 Å². The minimum Gasteiger partial charge on any atom is -0.0804 e. The van der Waals surface area contributed by atoms with E-state index in [9.17, 15) is 0 Å². The summed E-state index contributed by atoms with van der Waals surface area (Å²) in [6.45, 7) is 6.07. The molecule has 0 bridgehead atoms. The van der Waals surface area contributed by atoms with Crippen LogP contribution >= 0.6 is 0 Å². The summed E-state index contributed by atoms with van der Waals surface area (Å²) in [5.41, 5.74) is 2.67. The first kappa shape index (κ1) is 10.0. The maximum absolute atomic E-state index is 3.85. The molecular formula is C13H17. The summed E-state index contributed by atoms with van der Waals surface area (Å²) in [5, 5.41) is 0. The molecule has 13 heavy (non-hydrogen) atoms. The van der Waals surface area contributed by atoms with Crippen molar-refractivity contribution in [3.05, 3.63) is 48.9 Å². The third-order valence-electron chi connectivity index (χ3n) is 2.19. The van der Waals surface area contributed by atoms with E-state index in [1.54, 1.807) is 0 Å². The highest BCUT2D eigenvalue weighted by Gasteiger charge is 1.97. The van der Waals surface area contributed by atoms with Crippen molar-refractivity contribution < 1.29 is 0 Å². The largest absolute Gasteiger partial charge is 0.0804 e. The molecule has 0 atom stereocenters.